The van der Waals surface area contributed by atoms with Gasteiger partial charge in [-0.2, -0.15) is 5.10 Å². The highest BCUT2D eigenvalue weighted by molar-refractivity contribution is 9.10. The molecular weight excluding hydrogens is 224 g/mol. The molecule has 1 aromatic heterocycles. The van der Waals surface area contributed by atoms with Crippen molar-refractivity contribution in [2.45, 2.75) is 6.54 Å². The maximum absolute atomic E-state index is 10.5. The molecule has 0 saturated carbocycles. The van der Waals surface area contributed by atoms with Gasteiger partial charge in [0.15, 0.2) is 0 Å². The second-order valence-electron chi connectivity index (χ2n) is 2.15. The van der Waals surface area contributed by atoms with Gasteiger partial charge in [-0.3, -0.25) is 4.68 Å². The van der Waals surface area contributed by atoms with E-state index in [1.54, 1.807) is 6.08 Å². The van der Waals surface area contributed by atoms with Gasteiger partial charge >= 0.3 is 5.97 Å². The van der Waals surface area contributed by atoms with Crippen LogP contribution in [0, 0.1) is 0 Å². The van der Waals surface area contributed by atoms with Gasteiger partial charge in [0.25, 0.3) is 0 Å². The first-order chi connectivity index (χ1) is 5.65. The molecule has 0 unspecified atom stereocenters. The summed E-state index contributed by atoms with van der Waals surface area (Å²) < 4.78 is 1.84. The number of nitrogens with zero attached hydrogens (tertiary/aromatic N) is 2. The number of allylic oxidation sites excluding steroid dienone is 1. The predicted molar refractivity (Wildman–Crippen MR) is 47.1 cm³/mol. The molecule has 0 spiro atoms. The Morgan fingerprint density at radius 3 is 3.00 bits per heavy atom. The van der Waals surface area contributed by atoms with Crippen LogP contribution in [0.1, 0.15) is 10.4 Å². The molecule has 0 aliphatic heterocycles. The highest BCUT2D eigenvalue weighted by Crippen LogP contribution is 2.13. The summed E-state index contributed by atoms with van der Waals surface area (Å²) in [5, 5.41) is 12.5. The monoisotopic (exact) mass is 230 g/mol. The average Bonchev–Trinajstić information content (AvgIpc) is 2.32. The van der Waals surface area contributed by atoms with Gasteiger partial charge in [-0.1, -0.05) is 6.08 Å². The zero-order valence-corrected chi connectivity index (χ0v) is 7.78. The zero-order chi connectivity index (χ0) is 9.14. The molecule has 0 saturated heterocycles. The van der Waals surface area contributed by atoms with Gasteiger partial charge in [-0.25, -0.2) is 4.79 Å². The maximum atomic E-state index is 10.5. The van der Waals surface area contributed by atoms with Crippen LogP contribution in [0.2, 0.25) is 0 Å². The van der Waals surface area contributed by atoms with Crippen molar-refractivity contribution in [3.63, 3.8) is 0 Å². The molecule has 0 fully saturated rings. The fourth-order valence-corrected chi connectivity index (χ4v) is 1.24. The summed E-state index contributed by atoms with van der Waals surface area (Å²) in [4.78, 5) is 10.5. The number of halogens is 1. The number of hydrogen-bond donors (Lipinski definition) is 1. The topological polar surface area (TPSA) is 55.1 Å². The summed E-state index contributed by atoms with van der Waals surface area (Å²) in [7, 11) is 0. The molecule has 0 amide bonds. The van der Waals surface area contributed by atoms with Gasteiger partial charge < -0.3 is 5.11 Å². The minimum Gasteiger partial charge on any atom is -0.478 e. The standard InChI is InChI=1S/C7H7BrN2O2/c1-2-3-10-4-5(7(11)12)6(8)9-10/h2,4H,1,3H2,(H,11,12). The fraction of sp³-hybridized carbons (Fsp3) is 0.143. The molecule has 1 rings (SSSR count). The first-order valence-electron chi connectivity index (χ1n) is 3.22. The number of carboxylic acids is 1. The van der Waals surface area contributed by atoms with E-state index in [0.717, 1.165) is 0 Å². The minimum absolute atomic E-state index is 0.164. The van der Waals surface area contributed by atoms with Gasteiger partial charge in [0.1, 0.15) is 10.2 Å². The van der Waals surface area contributed by atoms with Crippen molar-refractivity contribution in [3.8, 4) is 0 Å². The smallest absolute Gasteiger partial charge is 0.340 e. The second kappa shape index (κ2) is 3.53. The summed E-state index contributed by atoms with van der Waals surface area (Å²) >= 11 is 3.04. The molecule has 4 nitrogen and oxygen atoms in total. The maximum Gasteiger partial charge on any atom is 0.340 e. The number of aromatic nitrogens is 2. The SMILES string of the molecule is C=CCn1cc(C(=O)O)c(Br)n1. The predicted octanol–water partition coefficient (Wildman–Crippen LogP) is 1.53. The molecule has 1 heterocycles. The number of aromatic carboxylic acids is 1. The molecule has 64 valence electrons. The number of rotatable bonds is 3. The Labute approximate surface area is 77.6 Å². The lowest BCUT2D eigenvalue weighted by Gasteiger charge is -1.90. The molecule has 0 bridgehead atoms. The zero-order valence-electron chi connectivity index (χ0n) is 6.20. The van der Waals surface area contributed by atoms with E-state index in [9.17, 15) is 4.79 Å². The molecule has 12 heavy (non-hydrogen) atoms. The lowest BCUT2D eigenvalue weighted by molar-refractivity contribution is 0.0696. The van der Waals surface area contributed by atoms with E-state index in [0.29, 0.717) is 11.1 Å². The Bertz CT molecular complexity index is 319. The largest absolute Gasteiger partial charge is 0.478 e. The van der Waals surface area contributed by atoms with Crippen LogP contribution >= 0.6 is 15.9 Å². The van der Waals surface area contributed by atoms with Gasteiger partial charge in [-0.05, 0) is 15.9 Å². The quantitative estimate of drug-likeness (QED) is 0.802. The van der Waals surface area contributed by atoms with E-state index in [1.807, 2.05) is 0 Å². The molecule has 0 atom stereocenters. The van der Waals surface area contributed by atoms with Crippen LogP contribution in [0.4, 0.5) is 0 Å². The Morgan fingerprint density at radius 1 is 1.92 bits per heavy atom. The first-order valence-corrected chi connectivity index (χ1v) is 4.01. The van der Waals surface area contributed by atoms with Crippen LogP contribution in [-0.4, -0.2) is 20.9 Å². The summed E-state index contributed by atoms with van der Waals surface area (Å²) in [6.07, 6.45) is 3.10. The summed E-state index contributed by atoms with van der Waals surface area (Å²) in [5.74, 6) is -0.989. The van der Waals surface area contributed by atoms with E-state index in [1.165, 1.54) is 10.9 Å². The molecule has 0 radical (unpaired) electrons. The molecule has 5 heteroatoms. The normalized spacial score (nSPS) is 9.75. The van der Waals surface area contributed by atoms with Crippen molar-refractivity contribution >= 4 is 21.9 Å². The molecule has 1 aromatic rings. The van der Waals surface area contributed by atoms with Crippen LogP contribution < -0.4 is 0 Å². The Morgan fingerprint density at radius 2 is 2.58 bits per heavy atom. The van der Waals surface area contributed by atoms with Crippen molar-refractivity contribution in [1.29, 1.82) is 0 Å². The average molecular weight is 231 g/mol. The summed E-state index contributed by atoms with van der Waals surface area (Å²) in [5.41, 5.74) is 0.164. The molecule has 1 N–H and O–H groups in total. The van der Waals surface area contributed by atoms with Crippen molar-refractivity contribution in [3.05, 3.63) is 29.0 Å². The first kappa shape index (κ1) is 8.99. The lowest BCUT2D eigenvalue weighted by Crippen LogP contribution is -1.95. The van der Waals surface area contributed by atoms with Crippen molar-refractivity contribution in [1.82, 2.24) is 9.78 Å². The molecular formula is C7H7BrN2O2. The van der Waals surface area contributed by atoms with E-state index in [-0.39, 0.29) is 5.56 Å². The Balaban J connectivity index is 2.99. The van der Waals surface area contributed by atoms with E-state index in [4.69, 9.17) is 5.11 Å². The third-order valence-corrected chi connectivity index (χ3v) is 1.85. The van der Waals surface area contributed by atoms with Crippen LogP contribution in [0.5, 0.6) is 0 Å². The van der Waals surface area contributed by atoms with Crippen LogP contribution in [-0.2, 0) is 6.54 Å². The highest BCUT2D eigenvalue weighted by atomic mass is 79.9. The summed E-state index contributed by atoms with van der Waals surface area (Å²) in [6, 6.07) is 0. The number of carbonyl (C=O) groups is 1. The van der Waals surface area contributed by atoms with Crippen molar-refractivity contribution in [2.75, 3.05) is 0 Å². The molecule has 0 aliphatic rings. The number of hydrogen-bond acceptors (Lipinski definition) is 2. The van der Waals surface area contributed by atoms with Crippen LogP contribution in [0.3, 0.4) is 0 Å². The van der Waals surface area contributed by atoms with Crippen molar-refractivity contribution in [2.24, 2.45) is 0 Å². The third kappa shape index (κ3) is 1.73. The molecule has 0 aromatic carbocycles. The van der Waals surface area contributed by atoms with E-state index < -0.39 is 5.97 Å². The third-order valence-electron chi connectivity index (χ3n) is 1.26. The summed E-state index contributed by atoms with van der Waals surface area (Å²) in [6.45, 7) is 4.02. The Kier molecular flexibility index (Phi) is 2.65. The van der Waals surface area contributed by atoms with Crippen LogP contribution in [0.25, 0.3) is 0 Å². The number of carboxylic acid groups (broad SMARTS) is 1. The molecule has 0 aliphatic carbocycles. The van der Waals surface area contributed by atoms with Crippen molar-refractivity contribution < 1.29 is 9.90 Å². The highest BCUT2D eigenvalue weighted by Gasteiger charge is 2.11. The van der Waals surface area contributed by atoms with Gasteiger partial charge in [0, 0.05) is 6.20 Å². The fourth-order valence-electron chi connectivity index (χ4n) is 0.767. The van der Waals surface area contributed by atoms with Gasteiger partial charge in [0.2, 0.25) is 0 Å². The van der Waals surface area contributed by atoms with Crippen LogP contribution in [0.15, 0.2) is 23.5 Å². The van der Waals surface area contributed by atoms with Gasteiger partial charge in [-0.15, -0.1) is 6.58 Å². The van der Waals surface area contributed by atoms with E-state index >= 15 is 0 Å². The second-order valence-corrected chi connectivity index (χ2v) is 2.90. The minimum atomic E-state index is -0.989. The van der Waals surface area contributed by atoms with E-state index in [2.05, 4.69) is 27.6 Å². The van der Waals surface area contributed by atoms with Gasteiger partial charge in [0.05, 0.1) is 6.54 Å². The Hall–Kier alpha value is -1.10. The lowest BCUT2D eigenvalue weighted by atomic mass is 10.4.